The van der Waals surface area contributed by atoms with Crippen molar-refractivity contribution in [3.8, 4) is 0 Å². The molecule has 0 aromatic heterocycles. The maximum absolute atomic E-state index is 12.0. The minimum Gasteiger partial charge on any atom is -0.462 e. The summed E-state index contributed by atoms with van der Waals surface area (Å²) in [5.41, 5.74) is 0.682. The first-order valence-electron chi connectivity index (χ1n) is 13.7. The molecule has 1 saturated heterocycles. The van der Waals surface area contributed by atoms with Crippen LogP contribution in [0.4, 0.5) is 0 Å². The molecular formula is C29H46O4. The number of hydrogen-bond donors (Lipinski definition) is 0. The Hall–Kier alpha value is -1.06. The summed E-state index contributed by atoms with van der Waals surface area (Å²) in [7, 11) is 0. The summed E-state index contributed by atoms with van der Waals surface area (Å²) in [4.78, 5) is 23.9. The largest absolute Gasteiger partial charge is 0.462 e. The normalized spacial score (nSPS) is 52.9. The van der Waals surface area contributed by atoms with Crippen molar-refractivity contribution in [2.24, 2.45) is 45.3 Å². The number of cyclic esters (lactones) is 1. The second-order valence-corrected chi connectivity index (χ2v) is 14.1. The predicted octanol–water partition coefficient (Wildman–Crippen LogP) is 6.70. The van der Waals surface area contributed by atoms with Gasteiger partial charge in [-0.15, -0.1) is 0 Å². The third-order valence-electron chi connectivity index (χ3n) is 12.6. The zero-order valence-corrected chi connectivity index (χ0v) is 22.1. The van der Waals surface area contributed by atoms with E-state index in [1.807, 2.05) is 0 Å². The second-order valence-electron chi connectivity index (χ2n) is 14.1. The SMILES string of the molecule is CC(=O)OC1CC[C@@]2(C)[C@H](CC[C@]3(C)[C@H]2CC[C@@H]2[C@H]([C@]4(C)CCC(=O)O4)CC[C@]23C)C1(C)C. The van der Waals surface area contributed by atoms with Gasteiger partial charge in [-0.05, 0) is 98.7 Å². The van der Waals surface area contributed by atoms with Crippen molar-refractivity contribution in [1.29, 1.82) is 0 Å². The lowest BCUT2D eigenvalue weighted by atomic mass is 9.35. The molecule has 0 bridgehead atoms. The highest BCUT2D eigenvalue weighted by Gasteiger charge is 2.70. The van der Waals surface area contributed by atoms with E-state index in [4.69, 9.17) is 9.47 Å². The topological polar surface area (TPSA) is 52.6 Å². The molecule has 4 nitrogen and oxygen atoms in total. The molecule has 0 spiro atoms. The fourth-order valence-electron chi connectivity index (χ4n) is 10.8. The van der Waals surface area contributed by atoms with Gasteiger partial charge in [0.05, 0.1) is 0 Å². The van der Waals surface area contributed by atoms with E-state index >= 15 is 0 Å². The molecule has 0 amide bonds. The fraction of sp³-hybridized carbons (Fsp3) is 0.931. The molecule has 0 aromatic carbocycles. The highest BCUT2D eigenvalue weighted by Crippen LogP contribution is 2.76. The van der Waals surface area contributed by atoms with Crippen molar-refractivity contribution < 1.29 is 19.1 Å². The van der Waals surface area contributed by atoms with E-state index < -0.39 is 0 Å². The van der Waals surface area contributed by atoms with Crippen molar-refractivity contribution in [3.05, 3.63) is 0 Å². The Bertz CT molecular complexity index is 849. The van der Waals surface area contributed by atoms with Gasteiger partial charge in [-0.3, -0.25) is 9.59 Å². The van der Waals surface area contributed by atoms with Gasteiger partial charge in [0, 0.05) is 24.7 Å². The summed E-state index contributed by atoms with van der Waals surface area (Å²) < 4.78 is 11.9. The molecule has 1 unspecified atom stereocenters. The second kappa shape index (κ2) is 7.23. The van der Waals surface area contributed by atoms with Crippen LogP contribution in [0.25, 0.3) is 0 Å². The van der Waals surface area contributed by atoms with Crippen LogP contribution in [0.5, 0.6) is 0 Å². The number of fused-ring (bicyclic) bond motifs is 5. The number of carbonyl (C=O) groups is 2. The maximum Gasteiger partial charge on any atom is 0.306 e. The lowest BCUT2D eigenvalue weighted by Crippen LogP contribution is -2.64. The Morgan fingerprint density at radius 3 is 2.15 bits per heavy atom. The molecule has 4 saturated carbocycles. The molecule has 33 heavy (non-hydrogen) atoms. The number of esters is 2. The van der Waals surface area contributed by atoms with Gasteiger partial charge >= 0.3 is 11.9 Å². The molecule has 0 radical (unpaired) electrons. The lowest BCUT2D eigenvalue weighted by Gasteiger charge is -2.70. The molecule has 5 rings (SSSR count). The number of hydrogen-bond acceptors (Lipinski definition) is 4. The molecule has 9 atom stereocenters. The van der Waals surface area contributed by atoms with Crippen LogP contribution in [-0.2, 0) is 19.1 Å². The van der Waals surface area contributed by atoms with E-state index in [0.717, 1.165) is 12.8 Å². The highest BCUT2D eigenvalue weighted by molar-refractivity contribution is 5.72. The van der Waals surface area contributed by atoms with Gasteiger partial charge in [-0.1, -0.05) is 34.6 Å². The van der Waals surface area contributed by atoms with Crippen molar-refractivity contribution in [2.75, 3.05) is 0 Å². The van der Waals surface area contributed by atoms with Crippen molar-refractivity contribution >= 4 is 11.9 Å². The van der Waals surface area contributed by atoms with E-state index in [2.05, 4.69) is 41.5 Å². The first-order valence-corrected chi connectivity index (χ1v) is 13.7. The minimum absolute atomic E-state index is 0.00536. The van der Waals surface area contributed by atoms with Gasteiger partial charge in [-0.2, -0.15) is 0 Å². The summed E-state index contributed by atoms with van der Waals surface area (Å²) in [6.07, 6.45) is 11.2. The third kappa shape index (κ3) is 3.07. The van der Waals surface area contributed by atoms with Crippen LogP contribution in [-0.4, -0.2) is 23.6 Å². The van der Waals surface area contributed by atoms with Gasteiger partial charge < -0.3 is 9.47 Å². The molecule has 0 aromatic rings. The zero-order valence-electron chi connectivity index (χ0n) is 22.1. The van der Waals surface area contributed by atoms with Gasteiger partial charge in [0.1, 0.15) is 11.7 Å². The molecule has 4 heteroatoms. The Balaban J connectivity index is 1.45. The lowest BCUT2D eigenvalue weighted by molar-refractivity contribution is -0.229. The average molecular weight is 459 g/mol. The molecule has 5 aliphatic rings. The average Bonchev–Trinajstić information content (AvgIpc) is 3.25. The summed E-state index contributed by atoms with van der Waals surface area (Å²) in [5.74, 6) is 2.33. The summed E-state index contributed by atoms with van der Waals surface area (Å²) in [5, 5.41) is 0. The van der Waals surface area contributed by atoms with Crippen LogP contribution >= 0.6 is 0 Å². The summed E-state index contributed by atoms with van der Waals surface area (Å²) in [6, 6.07) is 0. The fourth-order valence-corrected chi connectivity index (χ4v) is 10.8. The standard InChI is InChI=1S/C29H46O4/c1-18(30)32-23-12-14-26(4)21(25(23,2)3)11-16-28(6)22(26)9-8-19-20(10-15-27(19,28)5)29(7)17-13-24(31)33-29/h19-23H,8-17H2,1-7H3/t19-,20-,21-,22+,23?,26+,27-,28-,29+/m1/s1. The van der Waals surface area contributed by atoms with E-state index in [0.29, 0.717) is 46.3 Å². The maximum atomic E-state index is 12.0. The Labute approximate surface area is 200 Å². The number of rotatable bonds is 2. The number of ether oxygens (including phenoxy) is 2. The van der Waals surface area contributed by atoms with Gasteiger partial charge in [-0.25, -0.2) is 0 Å². The quantitative estimate of drug-likeness (QED) is 0.432. The van der Waals surface area contributed by atoms with E-state index in [-0.39, 0.29) is 29.1 Å². The highest BCUT2D eigenvalue weighted by atomic mass is 16.6. The van der Waals surface area contributed by atoms with Gasteiger partial charge in [0.2, 0.25) is 0 Å². The van der Waals surface area contributed by atoms with Crippen LogP contribution in [0.3, 0.4) is 0 Å². The summed E-state index contributed by atoms with van der Waals surface area (Å²) in [6.45, 7) is 16.3. The van der Waals surface area contributed by atoms with Gasteiger partial charge in [0.15, 0.2) is 0 Å². The van der Waals surface area contributed by atoms with Crippen LogP contribution in [0.1, 0.15) is 113 Å². The molecule has 1 heterocycles. The van der Waals surface area contributed by atoms with Gasteiger partial charge in [0.25, 0.3) is 0 Å². The Morgan fingerprint density at radius 2 is 1.52 bits per heavy atom. The van der Waals surface area contributed by atoms with Crippen LogP contribution in [0.2, 0.25) is 0 Å². The first kappa shape index (κ1) is 23.7. The monoisotopic (exact) mass is 458 g/mol. The third-order valence-corrected chi connectivity index (χ3v) is 12.6. The first-order chi connectivity index (χ1) is 15.3. The smallest absolute Gasteiger partial charge is 0.306 e. The Kier molecular flexibility index (Phi) is 5.19. The minimum atomic E-state index is -0.256. The molecule has 0 N–H and O–H groups in total. The van der Waals surface area contributed by atoms with E-state index in [1.165, 1.54) is 44.9 Å². The van der Waals surface area contributed by atoms with Crippen molar-refractivity contribution in [1.82, 2.24) is 0 Å². The van der Waals surface area contributed by atoms with Crippen LogP contribution < -0.4 is 0 Å². The molecular weight excluding hydrogens is 412 g/mol. The van der Waals surface area contributed by atoms with E-state index in [9.17, 15) is 9.59 Å². The zero-order chi connectivity index (χ0) is 24.0. The van der Waals surface area contributed by atoms with Crippen LogP contribution in [0, 0.1) is 45.3 Å². The summed E-state index contributed by atoms with van der Waals surface area (Å²) >= 11 is 0. The van der Waals surface area contributed by atoms with E-state index in [1.54, 1.807) is 6.92 Å². The predicted molar refractivity (Wildman–Crippen MR) is 128 cm³/mol. The van der Waals surface area contributed by atoms with Crippen molar-refractivity contribution in [3.63, 3.8) is 0 Å². The Morgan fingerprint density at radius 1 is 0.818 bits per heavy atom. The molecule has 5 fully saturated rings. The molecule has 1 aliphatic heterocycles. The number of carbonyl (C=O) groups excluding carboxylic acids is 2. The molecule has 4 aliphatic carbocycles. The van der Waals surface area contributed by atoms with Crippen LogP contribution in [0.15, 0.2) is 0 Å². The van der Waals surface area contributed by atoms with Crippen molar-refractivity contribution in [2.45, 2.75) is 124 Å². The molecule has 186 valence electrons.